The van der Waals surface area contributed by atoms with Crippen LogP contribution in [0.3, 0.4) is 0 Å². The summed E-state index contributed by atoms with van der Waals surface area (Å²) in [5.41, 5.74) is 0.369. The molecule has 0 unspecified atom stereocenters. The molecule has 0 aromatic carbocycles. The molecule has 0 aliphatic rings. The number of aliphatic carboxylic acids is 1. The molecule has 0 bridgehead atoms. The van der Waals surface area contributed by atoms with Crippen LogP contribution in [0.1, 0.15) is 20.4 Å². The van der Waals surface area contributed by atoms with Crippen molar-refractivity contribution in [2.24, 2.45) is 0 Å². The van der Waals surface area contributed by atoms with Crippen LogP contribution < -0.4 is 0 Å². The van der Waals surface area contributed by atoms with Crippen LogP contribution in [0.5, 0.6) is 0 Å². The second-order valence-corrected chi connectivity index (χ2v) is 3.48. The summed E-state index contributed by atoms with van der Waals surface area (Å²) < 4.78 is 0. The molecule has 1 aromatic heterocycles. The molecule has 0 radical (unpaired) electrons. The number of carboxylic acid groups (broad SMARTS) is 2. The van der Waals surface area contributed by atoms with E-state index in [2.05, 4.69) is 4.98 Å². The van der Waals surface area contributed by atoms with Crippen molar-refractivity contribution in [1.82, 2.24) is 4.98 Å². The SMILES string of the molecule is Cc1nc(CC(=O)O)sc1C(=O)O. The van der Waals surface area contributed by atoms with Gasteiger partial charge in [0.15, 0.2) is 0 Å². The van der Waals surface area contributed by atoms with Gasteiger partial charge in [-0.1, -0.05) is 0 Å². The molecule has 0 aliphatic carbocycles. The van der Waals surface area contributed by atoms with E-state index >= 15 is 0 Å². The van der Waals surface area contributed by atoms with Gasteiger partial charge in [-0.05, 0) is 6.92 Å². The van der Waals surface area contributed by atoms with E-state index in [1.165, 1.54) is 0 Å². The predicted octanol–water partition coefficient (Wildman–Crippen LogP) is 0.777. The highest BCUT2D eigenvalue weighted by molar-refractivity contribution is 7.13. The van der Waals surface area contributed by atoms with Gasteiger partial charge in [0.05, 0.1) is 12.1 Å². The fourth-order valence-corrected chi connectivity index (χ4v) is 1.75. The minimum absolute atomic E-state index is 0.108. The topological polar surface area (TPSA) is 87.5 Å². The standard InChI is InChI=1S/C7H7NO4S/c1-3-6(7(11)12)13-4(8-3)2-5(9)10/h2H2,1H3,(H,9,10)(H,11,12). The Morgan fingerprint density at radius 1 is 1.46 bits per heavy atom. The maximum atomic E-state index is 10.5. The lowest BCUT2D eigenvalue weighted by atomic mass is 10.4. The first-order valence-corrected chi connectivity index (χ1v) is 4.23. The third-order valence-electron chi connectivity index (χ3n) is 1.34. The molecule has 6 heteroatoms. The van der Waals surface area contributed by atoms with Crippen molar-refractivity contribution < 1.29 is 19.8 Å². The van der Waals surface area contributed by atoms with Crippen molar-refractivity contribution in [2.45, 2.75) is 13.3 Å². The molecule has 0 atom stereocenters. The van der Waals surface area contributed by atoms with Crippen molar-refractivity contribution in [1.29, 1.82) is 0 Å². The highest BCUT2D eigenvalue weighted by Gasteiger charge is 2.15. The number of aromatic carboxylic acids is 1. The molecule has 1 aromatic rings. The average molecular weight is 201 g/mol. The fourth-order valence-electron chi connectivity index (χ4n) is 0.856. The largest absolute Gasteiger partial charge is 0.481 e. The highest BCUT2D eigenvalue weighted by atomic mass is 32.1. The molecule has 2 N–H and O–H groups in total. The van der Waals surface area contributed by atoms with Crippen molar-refractivity contribution in [2.75, 3.05) is 0 Å². The van der Waals surface area contributed by atoms with Gasteiger partial charge >= 0.3 is 11.9 Å². The van der Waals surface area contributed by atoms with Gasteiger partial charge in [0, 0.05) is 0 Å². The van der Waals surface area contributed by atoms with E-state index < -0.39 is 11.9 Å². The lowest BCUT2D eigenvalue weighted by Gasteiger charge is -1.85. The summed E-state index contributed by atoms with van der Waals surface area (Å²) >= 11 is 0.904. The van der Waals surface area contributed by atoms with E-state index in [0.29, 0.717) is 10.7 Å². The van der Waals surface area contributed by atoms with Crippen molar-refractivity contribution in [3.05, 3.63) is 15.6 Å². The number of hydrogen-bond donors (Lipinski definition) is 2. The monoisotopic (exact) mass is 201 g/mol. The lowest BCUT2D eigenvalue weighted by molar-refractivity contribution is -0.136. The summed E-state index contributed by atoms with van der Waals surface area (Å²) in [4.78, 5) is 24.8. The van der Waals surface area contributed by atoms with Gasteiger partial charge < -0.3 is 10.2 Å². The minimum atomic E-state index is -1.06. The van der Waals surface area contributed by atoms with Gasteiger partial charge in [0.2, 0.25) is 0 Å². The van der Waals surface area contributed by atoms with E-state index in [0.717, 1.165) is 11.3 Å². The smallest absolute Gasteiger partial charge is 0.347 e. The average Bonchev–Trinajstić information content (AvgIpc) is 2.29. The molecule has 0 fully saturated rings. The zero-order valence-corrected chi connectivity index (χ0v) is 7.59. The third-order valence-corrected chi connectivity index (χ3v) is 2.48. The first-order valence-electron chi connectivity index (χ1n) is 3.42. The maximum Gasteiger partial charge on any atom is 0.347 e. The van der Waals surface area contributed by atoms with Crippen molar-refractivity contribution in [3.8, 4) is 0 Å². The van der Waals surface area contributed by atoms with Gasteiger partial charge in [-0.2, -0.15) is 0 Å². The van der Waals surface area contributed by atoms with Crippen LogP contribution in [0, 0.1) is 6.92 Å². The molecule has 13 heavy (non-hydrogen) atoms. The Morgan fingerprint density at radius 2 is 2.08 bits per heavy atom. The summed E-state index contributed by atoms with van der Waals surface area (Å²) in [6.07, 6.45) is -0.223. The van der Waals surface area contributed by atoms with Crippen molar-refractivity contribution >= 4 is 23.3 Å². The maximum absolute atomic E-state index is 10.5. The van der Waals surface area contributed by atoms with Gasteiger partial charge in [0.25, 0.3) is 0 Å². The first-order chi connectivity index (χ1) is 6.00. The Bertz CT molecular complexity index is 357. The van der Waals surface area contributed by atoms with Crippen LogP contribution in [0.15, 0.2) is 0 Å². The van der Waals surface area contributed by atoms with E-state index in [-0.39, 0.29) is 11.3 Å². The summed E-state index contributed by atoms with van der Waals surface area (Å²) in [7, 11) is 0. The number of aryl methyl sites for hydroxylation is 1. The zero-order valence-electron chi connectivity index (χ0n) is 6.77. The predicted molar refractivity (Wildman–Crippen MR) is 45.2 cm³/mol. The molecule has 5 nitrogen and oxygen atoms in total. The fraction of sp³-hybridized carbons (Fsp3) is 0.286. The minimum Gasteiger partial charge on any atom is -0.481 e. The van der Waals surface area contributed by atoms with Gasteiger partial charge in [-0.25, -0.2) is 9.78 Å². The summed E-state index contributed by atoms with van der Waals surface area (Å²) in [5.74, 6) is -2.07. The normalized spacial score (nSPS) is 9.92. The molecule has 1 rings (SSSR count). The third kappa shape index (κ3) is 2.25. The summed E-state index contributed by atoms with van der Waals surface area (Å²) in [6.45, 7) is 1.55. The molecule has 0 amide bonds. The van der Waals surface area contributed by atoms with Crippen LogP contribution in [-0.2, 0) is 11.2 Å². The Hall–Kier alpha value is -1.43. The van der Waals surface area contributed by atoms with Gasteiger partial charge in [-0.3, -0.25) is 4.79 Å². The zero-order chi connectivity index (χ0) is 10.0. The Labute approximate surface area is 77.7 Å². The van der Waals surface area contributed by atoms with Crippen LogP contribution in [0.2, 0.25) is 0 Å². The molecule has 0 spiro atoms. The van der Waals surface area contributed by atoms with E-state index in [4.69, 9.17) is 10.2 Å². The number of carboxylic acids is 2. The molecule has 0 saturated heterocycles. The number of rotatable bonds is 3. The number of aromatic nitrogens is 1. The van der Waals surface area contributed by atoms with E-state index in [1.54, 1.807) is 6.92 Å². The number of hydrogen-bond acceptors (Lipinski definition) is 4. The summed E-state index contributed by atoms with van der Waals surface area (Å²) in [6, 6.07) is 0. The van der Waals surface area contributed by atoms with Crippen LogP contribution in [0.4, 0.5) is 0 Å². The first kappa shape index (κ1) is 9.66. The molecule has 0 saturated carbocycles. The Morgan fingerprint density at radius 3 is 2.46 bits per heavy atom. The van der Waals surface area contributed by atoms with Crippen LogP contribution >= 0.6 is 11.3 Å². The molecule has 70 valence electrons. The van der Waals surface area contributed by atoms with Crippen LogP contribution in [-0.4, -0.2) is 27.1 Å². The summed E-state index contributed by atoms with van der Waals surface area (Å²) in [5, 5.41) is 17.4. The second kappa shape index (κ2) is 3.53. The molecular weight excluding hydrogens is 194 g/mol. The Balaban J connectivity index is 2.95. The quantitative estimate of drug-likeness (QED) is 0.754. The van der Waals surface area contributed by atoms with E-state index in [9.17, 15) is 9.59 Å². The van der Waals surface area contributed by atoms with Crippen molar-refractivity contribution in [3.63, 3.8) is 0 Å². The van der Waals surface area contributed by atoms with E-state index in [1.807, 2.05) is 0 Å². The van der Waals surface area contributed by atoms with Gasteiger partial charge in [-0.15, -0.1) is 11.3 Å². The van der Waals surface area contributed by atoms with Gasteiger partial charge in [0.1, 0.15) is 9.88 Å². The Kier molecular flexibility index (Phi) is 2.62. The second-order valence-electron chi connectivity index (χ2n) is 2.40. The molecular formula is C7H7NO4S. The number of thiazole rings is 1. The number of carbonyl (C=O) groups is 2. The van der Waals surface area contributed by atoms with Crippen LogP contribution in [0.25, 0.3) is 0 Å². The molecule has 1 heterocycles. The lowest BCUT2D eigenvalue weighted by Crippen LogP contribution is -1.98. The highest BCUT2D eigenvalue weighted by Crippen LogP contribution is 2.18. The molecule has 0 aliphatic heterocycles. The number of nitrogens with zero attached hydrogens (tertiary/aromatic N) is 1.